The molecule has 0 aliphatic rings. The van der Waals surface area contributed by atoms with E-state index in [0.717, 1.165) is 5.56 Å². The van der Waals surface area contributed by atoms with Crippen LogP contribution in [0.5, 0.6) is 5.75 Å². The number of hydrogen-bond acceptors (Lipinski definition) is 4. The molecule has 3 N–H and O–H groups in total. The van der Waals surface area contributed by atoms with Crippen LogP contribution in [-0.2, 0) is 11.4 Å². The van der Waals surface area contributed by atoms with Gasteiger partial charge in [0.25, 0.3) is 0 Å². The molecular weight excluding hydrogens is 334 g/mol. The van der Waals surface area contributed by atoms with E-state index in [1.165, 1.54) is 0 Å². The number of carboxylic acid groups (broad SMARTS) is 1. The van der Waals surface area contributed by atoms with E-state index in [4.69, 9.17) is 9.84 Å². The highest BCUT2D eigenvalue weighted by Crippen LogP contribution is 2.19. The number of aliphatic carboxylic acids is 1. The number of carbonyl (C=O) groups is 2. The third-order valence-corrected chi connectivity index (χ3v) is 3.64. The number of amides is 2. The first kappa shape index (κ1) is 19.2. The Balaban J connectivity index is 1.89. The molecule has 0 aliphatic carbocycles. The standard InChI is InChI=1S/C19H23N3O4/c1-19(2,9-8-17(23)24)22-18(25)21-15-6-3-7-16(11-15)26-13-14-5-4-10-20-12-14/h3-7,10-12H,8-9,13H2,1-2H3,(H,23,24)(H2,21,22,25). The molecule has 0 unspecified atom stereocenters. The first-order valence-corrected chi connectivity index (χ1v) is 8.27. The van der Waals surface area contributed by atoms with Crippen molar-refractivity contribution in [2.24, 2.45) is 0 Å². The van der Waals surface area contributed by atoms with Gasteiger partial charge < -0.3 is 20.5 Å². The lowest BCUT2D eigenvalue weighted by molar-refractivity contribution is -0.137. The van der Waals surface area contributed by atoms with Crippen LogP contribution in [0.1, 0.15) is 32.3 Å². The normalized spacial score (nSPS) is 10.8. The number of ether oxygens (including phenoxy) is 1. The Labute approximate surface area is 152 Å². The molecule has 0 saturated carbocycles. The third-order valence-electron chi connectivity index (χ3n) is 3.64. The summed E-state index contributed by atoms with van der Waals surface area (Å²) in [5.74, 6) is -0.268. The number of pyridine rings is 1. The fourth-order valence-electron chi connectivity index (χ4n) is 2.27. The summed E-state index contributed by atoms with van der Waals surface area (Å²) in [5, 5.41) is 14.3. The molecule has 2 aromatic rings. The van der Waals surface area contributed by atoms with Crippen LogP contribution in [0.4, 0.5) is 10.5 Å². The number of benzene rings is 1. The minimum absolute atomic E-state index is 0.00898. The van der Waals surface area contributed by atoms with E-state index in [-0.39, 0.29) is 6.42 Å². The van der Waals surface area contributed by atoms with Crippen molar-refractivity contribution in [3.8, 4) is 5.75 Å². The van der Waals surface area contributed by atoms with Gasteiger partial charge in [0.15, 0.2) is 0 Å². The monoisotopic (exact) mass is 357 g/mol. The van der Waals surface area contributed by atoms with Crippen molar-refractivity contribution in [2.75, 3.05) is 5.32 Å². The van der Waals surface area contributed by atoms with Gasteiger partial charge in [0, 0.05) is 41.7 Å². The van der Waals surface area contributed by atoms with E-state index in [9.17, 15) is 9.59 Å². The first-order chi connectivity index (χ1) is 12.3. The van der Waals surface area contributed by atoms with Crippen molar-refractivity contribution in [2.45, 2.75) is 38.8 Å². The molecule has 1 aromatic carbocycles. The van der Waals surface area contributed by atoms with E-state index in [0.29, 0.717) is 24.5 Å². The first-order valence-electron chi connectivity index (χ1n) is 8.27. The molecular formula is C19H23N3O4. The number of aromatic nitrogens is 1. The summed E-state index contributed by atoms with van der Waals surface area (Å²) in [6.07, 6.45) is 3.76. The fraction of sp³-hybridized carbons (Fsp3) is 0.316. The van der Waals surface area contributed by atoms with E-state index in [2.05, 4.69) is 15.6 Å². The maximum absolute atomic E-state index is 12.1. The van der Waals surface area contributed by atoms with E-state index >= 15 is 0 Å². The van der Waals surface area contributed by atoms with Crippen LogP contribution in [0.3, 0.4) is 0 Å². The molecule has 0 saturated heterocycles. The van der Waals surface area contributed by atoms with Gasteiger partial charge in [-0.15, -0.1) is 0 Å². The Morgan fingerprint density at radius 1 is 1.23 bits per heavy atom. The number of carbonyl (C=O) groups excluding carboxylic acids is 1. The number of rotatable bonds is 8. The minimum Gasteiger partial charge on any atom is -0.489 e. The second-order valence-electron chi connectivity index (χ2n) is 6.53. The highest BCUT2D eigenvalue weighted by atomic mass is 16.5. The molecule has 0 fully saturated rings. The second kappa shape index (κ2) is 8.84. The Morgan fingerprint density at radius 2 is 2.04 bits per heavy atom. The zero-order valence-corrected chi connectivity index (χ0v) is 14.9. The van der Waals surface area contributed by atoms with Gasteiger partial charge >= 0.3 is 12.0 Å². The van der Waals surface area contributed by atoms with Gasteiger partial charge in [0.1, 0.15) is 12.4 Å². The predicted molar refractivity (Wildman–Crippen MR) is 98.1 cm³/mol. The fourth-order valence-corrected chi connectivity index (χ4v) is 2.27. The van der Waals surface area contributed by atoms with Crippen molar-refractivity contribution >= 4 is 17.7 Å². The van der Waals surface area contributed by atoms with Crippen LogP contribution in [-0.4, -0.2) is 27.6 Å². The number of carboxylic acids is 1. The molecule has 1 aromatic heterocycles. The summed E-state index contributed by atoms with van der Waals surface area (Å²) in [6.45, 7) is 3.94. The van der Waals surface area contributed by atoms with E-state index < -0.39 is 17.5 Å². The molecule has 7 heteroatoms. The molecule has 2 amide bonds. The van der Waals surface area contributed by atoms with Crippen LogP contribution in [0.15, 0.2) is 48.8 Å². The SMILES string of the molecule is CC(C)(CCC(=O)O)NC(=O)Nc1cccc(OCc2cccnc2)c1. The zero-order valence-electron chi connectivity index (χ0n) is 14.9. The molecule has 1 heterocycles. The smallest absolute Gasteiger partial charge is 0.319 e. The van der Waals surface area contributed by atoms with Crippen molar-refractivity contribution in [1.82, 2.24) is 10.3 Å². The summed E-state index contributed by atoms with van der Waals surface area (Å²) in [6, 6.07) is 10.4. The maximum atomic E-state index is 12.1. The summed E-state index contributed by atoms with van der Waals surface area (Å²) in [4.78, 5) is 26.9. The van der Waals surface area contributed by atoms with Gasteiger partial charge in [0.05, 0.1) is 0 Å². The molecule has 26 heavy (non-hydrogen) atoms. The highest BCUT2D eigenvalue weighted by Gasteiger charge is 2.21. The van der Waals surface area contributed by atoms with E-state index in [1.54, 1.807) is 50.5 Å². The number of nitrogens with zero attached hydrogens (tertiary/aromatic N) is 1. The molecule has 2 rings (SSSR count). The lowest BCUT2D eigenvalue weighted by Gasteiger charge is -2.25. The number of urea groups is 1. The highest BCUT2D eigenvalue weighted by molar-refractivity contribution is 5.90. The van der Waals surface area contributed by atoms with Crippen LogP contribution in [0, 0.1) is 0 Å². The van der Waals surface area contributed by atoms with Crippen molar-refractivity contribution in [1.29, 1.82) is 0 Å². The Hall–Kier alpha value is -3.09. The number of hydrogen-bond donors (Lipinski definition) is 3. The van der Waals surface area contributed by atoms with Crippen molar-refractivity contribution in [3.63, 3.8) is 0 Å². The quantitative estimate of drug-likeness (QED) is 0.672. The molecule has 0 spiro atoms. The predicted octanol–water partition coefficient (Wildman–Crippen LogP) is 3.43. The van der Waals surface area contributed by atoms with Crippen LogP contribution >= 0.6 is 0 Å². The third kappa shape index (κ3) is 6.80. The Bertz CT molecular complexity index is 747. The molecule has 0 bridgehead atoms. The van der Waals surface area contributed by atoms with Crippen molar-refractivity contribution in [3.05, 3.63) is 54.4 Å². The Kier molecular flexibility index (Phi) is 6.54. The largest absolute Gasteiger partial charge is 0.489 e. The van der Waals surface area contributed by atoms with E-state index in [1.807, 2.05) is 12.1 Å². The van der Waals surface area contributed by atoms with Gasteiger partial charge in [-0.2, -0.15) is 0 Å². The average Bonchev–Trinajstić information content (AvgIpc) is 2.59. The zero-order chi connectivity index (χ0) is 19.0. The molecule has 0 atom stereocenters. The summed E-state index contributed by atoms with van der Waals surface area (Å²) in [7, 11) is 0. The number of anilines is 1. The lowest BCUT2D eigenvalue weighted by Crippen LogP contribution is -2.45. The second-order valence-corrected chi connectivity index (χ2v) is 6.53. The van der Waals surface area contributed by atoms with Crippen LogP contribution < -0.4 is 15.4 Å². The Morgan fingerprint density at radius 3 is 2.73 bits per heavy atom. The van der Waals surface area contributed by atoms with Crippen molar-refractivity contribution < 1.29 is 19.4 Å². The van der Waals surface area contributed by atoms with Gasteiger partial charge in [-0.25, -0.2) is 4.79 Å². The average molecular weight is 357 g/mol. The van der Waals surface area contributed by atoms with Gasteiger partial charge in [0.2, 0.25) is 0 Å². The summed E-state index contributed by atoms with van der Waals surface area (Å²) < 4.78 is 5.70. The van der Waals surface area contributed by atoms with Crippen LogP contribution in [0.25, 0.3) is 0 Å². The topological polar surface area (TPSA) is 101 Å². The maximum Gasteiger partial charge on any atom is 0.319 e. The minimum atomic E-state index is -0.890. The number of nitrogens with one attached hydrogen (secondary N) is 2. The van der Waals surface area contributed by atoms with Gasteiger partial charge in [-0.1, -0.05) is 12.1 Å². The van der Waals surface area contributed by atoms with Gasteiger partial charge in [-0.05, 0) is 38.5 Å². The van der Waals surface area contributed by atoms with Crippen LogP contribution in [0.2, 0.25) is 0 Å². The molecule has 0 aliphatic heterocycles. The molecule has 138 valence electrons. The van der Waals surface area contributed by atoms with Gasteiger partial charge in [-0.3, -0.25) is 9.78 Å². The molecule has 0 radical (unpaired) electrons. The lowest BCUT2D eigenvalue weighted by atomic mass is 9.99. The molecule has 7 nitrogen and oxygen atoms in total. The summed E-state index contributed by atoms with van der Waals surface area (Å²) in [5.41, 5.74) is 0.903. The summed E-state index contributed by atoms with van der Waals surface area (Å²) >= 11 is 0.